The second-order valence-electron chi connectivity index (χ2n) is 5.83. The Balaban J connectivity index is 1.68. The van der Waals surface area contributed by atoms with Gasteiger partial charge in [-0.1, -0.05) is 18.2 Å². The molecule has 1 aliphatic rings. The van der Waals surface area contributed by atoms with Crippen molar-refractivity contribution in [3.63, 3.8) is 0 Å². The quantitative estimate of drug-likeness (QED) is 0.706. The van der Waals surface area contributed by atoms with Crippen LogP contribution in [0.5, 0.6) is 11.5 Å². The highest BCUT2D eigenvalue weighted by molar-refractivity contribution is 7.89. The highest BCUT2D eigenvalue weighted by atomic mass is 32.2. The van der Waals surface area contributed by atoms with E-state index in [1.807, 2.05) is 12.1 Å². The molecule has 7 nitrogen and oxygen atoms in total. The predicted octanol–water partition coefficient (Wildman–Crippen LogP) is 1.85. The molecular weight excluding hydrogens is 368 g/mol. The Morgan fingerprint density at radius 3 is 2.67 bits per heavy atom. The summed E-state index contributed by atoms with van der Waals surface area (Å²) in [5, 5.41) is 2.78. The van der Waals surface area contributed by atoms with Crippen molar-refractivity contribution in [2.75, 3.05) is 19.8 Å². The van der Waals surface area contributed by atoms with Gasteiger partial charge in [0.05, 0.1) is 4.90 Å². The van der Waals surface area contributed by atoms with Crippen LogP contribution in [0.4, 0.5) is 0 Å². The second kappa shape index (κ2) is 8.24. The molecule has 3 rings (SSSR count). The Morgan fingerprint density at radius 2 is 1.89 bits per heavy atom. The van der Waals surface area contributed by atoms with Crippen molar-refractivity contribution in [3.8, 4) is 11.5 Å². The summed E-state index contributed by atoms with van der Waals surface area (Å²) in [5.74, 6) is 0.960. The number of benzene rings is 2. The van der Waals surface area contributed by atoms with Crippen LogP contribution < -0.4 is 19.5 Å². The van der Waals surface area contributed by atoms with Crippen molar-refractivity contribution >= 4 is 15.9 Å². The monoisotopic (exact) mass is 388 g/mol. The first kappa shape index (κ1) is 18.9. The van der Waals surface area contributed by atoms with Crippen LogP contribution in [0, 0.1) is 0 Å². The van der Waals surface area contributed by atoms with Crippen molar-refractivity contribution in [2.45, 2.75) is 11.4 Å². The van der Waals surface area contributed by atoms with E-state index in [0.717, 1.165) is 5.56 Å². The number of hydrogen-bond donors (Lipinski definition) is 2. The van der Waals surface area contributed by atoms with Gasteiger partial charge >= 0.3 is 0 Å². The zero-order valence-electron chi connectivity index (χ0n) is 14.6. The predicted molar refractivity (Wildman–Crippen MR) is 100 cm³/mol. The van der Waals surface area contributed by atoms with Crippen LogP contribution in [0.3, 0.4) is 0 Å². The molecule has 2 N–H and O–H groups in total. The van der Waals surface area contributed by atoms with Crippen LogP contribution in [0.1, 0.15) is 15.9 Å². The lowest BCUT2D eigenvalue weighted by Crippen LogP contribution is -2.25. The van der Waals surface area contributed by atoms with E-state index in [2.05, 4.69) is 16.6 Å². The highest BCUT2D eigenvalue weighted by Crippen LogP contribution is 2.30. The molecule has 2 aromatic carbocycles. The van der Waals surface area contributed by atoms with E-state index in [-0.39, 0.29) is 29.5 Å². The van der Waals surface area contributed by atoms with Gasteiger partial charge in [-0.3, -0.25) is 4.79 Å². The number of ether oxygens (including phenoxy) is 2. The number of sulfonamides is 1. The van der Waals surface area contributed by atoms with Gasteiger partial charge in [-0.15, -0.1) is 6.58 Å². The molecule has 0 radical (unpaired) electrons. The van der Waals surface area contributed by atoms with E-state index in [4.69, 9.17) is 9.47 Å². The van der Waals surface area contributed by atoms with Crippen molar-refractivity contribution in [1.29, 1.82) is 0 Å². The number of rotatable bonds is 7. The summed E-state index contributed by atoms with van der Waals surface area (Å²) >= 11 is 0. The maximum atomic E-state index is 12.4. The first-order chi connectivity index (χ1) is 13.0. The highest BCUT2D eigenvalue weighted by Gasteiger charge is 2.16. The standard InChI is InChI=1S/C19H20N2O5S/c1-2-8-21-27(23,24)16-5-3-4-15(12-16)19(22)20-13-14-6-7-17-18(11-14)26-10-9-25-17/h2-7,11-12,21H,1,8-10,13H2,(H,20,22). The summed E-state index contributed by atoms with van der Waals surface area (Å²) in [4.78, 5) is 12.4. The van der Waals surface area contributed by atoms with Gasteiger partial charge in [0.1, 0.15) is 13.2 Å². The van der Waals surface area contributed by atoms with Gasteiger partial charge in [0, 0.05) is 18.7 Å². The average molecular weight is 388 g/mol. The van der Waals surface area contributed by atoms with E-state index in [1.165, 1.54) is 24.3 Å². The van der Waals surface area contributed by atoms with Crippen LogP contribution in [0.2, 0.25) is 0 Å². The number of carbonyl (C=O) groups excluding carboxylic acids is 1. The Hall–Kier alpha value is -2.84. The summed E-state index contributed by atoms with van der Waals surface area (Å²) in [5.41, 5.74) is 1.11. The van der Waals surface area contributed by atoms with E-state index in [9.17, 15) is 13.2 Å². The molecule has 142 valence electrons. The second-order valence-corrected chi connectivity index (χ2v) is 7.60. The lowest BCUT2D eigenvalue weighted by atomic mass is 10.1. The number of amides is 1. The summed E-state index contributed by atoms with van der Waals surface area (Å²) in [6.07, 6.45) is 1.45. The molecule has 0 aliphatic carbocycles. The van der Waals surface area contributed by atoms with Crippen LogP contribution >= 0.6 is 0 Å². The van der Waals surface area contributed by atoms with Crippen LogP contribution in [-0.2, 0) is 16.6 Å². The van der Waals surface area contributed by atoms with E-state index < -0.39 is 10.0 Å². The minimum absolute atomic E-state index is 0.0244. The molecule has 1 amide bonds. The van der Waals surface area contributed by atoms with Gasteiger partial charge in [0.15, 0.2) is 11.5 Å². The molecule has 1 heterocycles. The third-order valence-electron chi connectivity index (χ3n) is 3.88. The number of nitrogens with one attached hydrogen (secondary N) is 2. The van der Waals surface area contributed by atoms with E-state index in [0.29, 0.717) is 24.7 Å². The fourth-order valence-corrected chi connectivity index (χ4v) is 3.58. The van der Waals surface area contributed by atoms with Crippen LogP contribution in [0.25, 0.3) is 0 Å². The zero-order valence-corrected chi connectivity index (χ0v) is 15.4. The molecule has 0 spiro atoms. The molecule has 0 fully saturated rings. The zero-order chi connectivity index (χ0) is 19.3. The lowest BCUT2D eigenvalue weighted by Gasteiger charge is -2.19. The molecule has 0 unspecified atom stereocenters. The molecule has 27 heavy (non-hydrogen) atoms. The topological polar surface area (TPSA) is 93.7 Å². The minimum Gasteiger partial charge on any atom is -0.486 e. The van der Waals surface area contributed by atoms with Crippen molar-refractivity contribution in [1.82, 2.24) is 10.0 Å². The van der Waals surface area contributed by atoms with E-state index >= 15 is 0 Å². The lowest BCUT2D eigenvalue weighted by molar-refractivity contribution is 0.0950. The first-order valence-electron chi connectivity index (χ1n) is 8.37. The average Bonchev–Trinajstić information content (AvgIpc) is 2.70. The SMILES string of the molecule is C=CCNS(=O)(=O)c1cccc(C(=O)NCc2ccc3c(c2)OCCO3)c1. The fourth-order valence-electron chi connectivity index (χ4n) is 2.54. The van der Waals surface area contributed by atoms with Gasteiger partial charge in [0.25, 0.3) is 5.91 Å². The third kappa shape index (κ3) is 4.66. The van der Waals surface area contributed by atoms with E-state index in [1.54, 1.807) is 12.1 Å². The molecule has 0 bridgehead atoms. The Bertz CT molecular complexity index is 956. The number of carbonyl (C=O) groups is 1. The Morgan fingerprint density at radius 1 is 1.11 bits per heavy atom. The molecule has 0 saturated carbocycles. The van der Waals surface area contributed by atoms with Crippen LogP contribution in [0.15, 0.2) is 60.0 Å². The maximum absolute atomic E-state index is 12.4. The minimum atomic E-state index is -3.69. The van der Waals surface area contributed by atoms with Crippen molar-refractivity contribution < 1.29 is 22.7 Å². The molecule has 2 aromatic rings. The maximum Gasteiger partial charge on any atom is 0.251 e. The van der Waals surface area contributed by atoms with Crippen LogP contribution in [-0.4, -0.2) is 34.1 Å². The fraction of sp³-hybridized carbons (Fsp3) is 0.211. The molecule has 0 atom stereocenters. The van der Waals surface area contributed by atoms with Crippen molar-refractivity contribution in [2.24, 2.45) is 0 Å². The molecule has 0 aromatic heterocycles. The molecule has 0 saturated heterocycles. The van der Waals surface area contributed by atoms with Gasteiger partial charge in [-0.05, 0) is 35.9 Å². The van der Waals surface area contributed by atoms with Crippen molar-refractivity contribution in [3.05, 3.63) is 66.2 Å². The number of fused-ring (bicyclic) bond motifs is 1. The Labute approximate surface area is 158 Å². The summed E-state index contributed by atoms with van der Waals surface area (Å²) in [7, 11) is -3.69. The van der Waals surface area contributed by atoms with Gasteiger partial charge in [-0.2, -0.15) is 0 Å². The van der Waals surface area contributed by atoms with Gasteiger partial charge < -0.3 is 14.8 Å². The largest absolute Gasteiger partial charge is 0.486 e. The summed E-state index contributed by atoms with van der Waals surface area (Å²) < 4.78 is 37.7. The van der Waals surface area contributed by atoms with Gasteiger partial charge in [-0.25, -0.2) is 13.1 Å². The Kier molecular flexibility index (Phi) is 5.78. The third-order valence-corrected chi connectivity index (χ3v) is 5.31. The smallest absolute Gasteiger partial charge is 0.251 e. The summed E-state index contributed by atoms with van der Waals surface area (Å²) in [6.45, 7) is 4.88. The first-order valence-corrected chi connectivity index (χ1v) is 9.85. The summed E-state index contributed by atoms with van der Waals surface area (Å²) in [6, 6.07) is 11.3. The number of hydrogen-bond acceptors (Lipinski definition) is 5. The van der Waals surface area contributed by atoms with Gasteiger partial charge in [0.2, 0.25) is 10.0 Å². The molecule has 1 aliphatic heterocycles. The normalized spacial score (nSPS) is 13.0. The molecule has 8 heteroatoms. The molecular formula is C19H20N2O5S.